The van der Waals surface area contributed by atoms with Crippen LogP contribution in [0, 0.1) is 5.41 Å². The van der Waals surface area contributed by atoms with E-state index < -0.39 is 12.1 Å². The molecule has 0 aromatic heterocycles. The molecule has 18 heavy (non-hydrogen) atoms. The van der Waals surface area contributed by atoms with Crippen LogP contribution in [0.25, 0.3) is 0 Å². The highest BCUT2D eigenvalue weighted by Gasteiger charge is 2.53. The van der Waals surface area contributed by atoms with E-state index in [9.17, 15) is 4.79 Å². The average Bonchev–Trinajstić information content (AvgIpc) is 2.96. The molecule has 0 aromatic rings. The van der Waals surface area contributed by atoms with Gasteiger partial charge in [-0.25, -0.2) is 4.79 Å². The highest BCUT2D eigenvalue weighted by atomic mass is 17.5. The summed E-state index contributed by atoms with van der Waals surface area (Å²) in [4.78, 5) is 20.9. The van der Waals surface area contributed by atoms with Crippen LogP contribution in [-0.4, -0.2) is 18.2 Å². The van der Waals surface area contributed by atoms with Crippen molar-refractivity contribution in [1.29, 1.82) is 0 Å². The first-order valence-electron chi connectivity index (χ1n) is 5.81. The maximum atomic E-state index is 11.6. The van der Waals surface area contributed by atoms with E-state index in [1.54, 1.807) is 6.08 Å². The predicted octanol–water partition coefficient (Wildman–Crippen LogP) is 3.32. The van der Waals surface area contributed by atoms with Crippen LogP contribution >= 0.6 is 0 Å². The van der Waals surface area contributed by atoms with Crippen molar-refractivity contribution >= 4 is 6.16 Å². The summed E-state index contributed by atoms with van der Waals surface area (Å²) in [6, 6.07) is 0. The van der Waals surface area contributed by atoms with E-state index >= 15 is 0 Å². The van der Waals surface area contributed by atoms with Crippen LogP contribution in [0.3, 0.4) is 0 Å². The molecule has 0 aromatic carbocycles. The van der Waals surface area contributed by atoms with Crippen molar-refractivity contribution < 1.29 is 24.0 Å². The average molecular weight is 256 g/mol. The number of hydrogen-bond acceptors (Lipinski definition) is 5. The van der Waals surface area contributed by atoms with Gasteiger partial charge in [-0.1, -0.05) is 32.9 Å². The molecule has 1 heterocycles. The Morgan fingerprint density at radius 3 is 2.33 bits per heavy atom. The summed E-state index contributed by atoms with van der Waals surface area (Å²) < 4.78 is 10.2. The Labute approximate surface area is 107 Å². The van der Waals surface area contributed by atoms with Gasteiger partial charge in [0, 0.05) is 6.42 Å². The summed E-state index contributed by atoms with van der Waals surface area (Å²) in [5.74, 6) is -1.34. The Morgan fingerprint density at radius 2 is 1.94 bits per heavy atom. The molecule has 0 spiro atoms. The van der Waals surface area contributed by atoms with Crippen LogP contribution < -0.4 is 0 Å². The summed E-state index contributed by atoms with van der Waals surface area (Å²) in [6.07, 6.45) is 2.90. The van der Waals surface area contributed by atoms with Gasteiger partial charge in [-0.2, -0.15) is 9.78 Å². The van der Waals surface area contributed by atoms with Crippen molar-refractivity contribution in [3.05, 3.63) is 25.3 Å². The van der Waals surface area contributed by atoms with Gasteiger partial charge in [-0.3, -0.25) is 0 Å². The first-order valence-corrected chi connectivity index (χ1v) is 5.81. The van der Waals surface area contributed by atoms with Gasteiger partial charge >= 0.3 is 12.1 Å². The number of rotatable bonds is 6. The molecule has 0 aliphatic carbocycles. The molecule has 1 aliphatic rings. The van der Waals surface area contributed by atoms with Gasteiger partial charge in [0.15, 0.2) is 0 Å². The van der Waals surface area contributed by atoms with E-state index in [1.165, 1.54) is 6.08 Å². The topological polar surface area (TPSA) is 60.6 Å². The Morgan fingerprint density at radius 1 is 1.33 bits per heavy atom. The molecule has 1 rings (SSSR count). The lowest BCUT2D eigenvalue weighted by Gasteiger charge is -2.29. The summed E-state index contributed by atoms with van der Waals surface area (Å²) >= 11 is 0. The van der Waals surface area contributed by atoms with Crippen LogP contribution in [0.1, 0.15) is 33.6 Å². The monoisotopic (exact) mass is 256 g/mol. The normalized spacial score (nSPS) is 18.6. The van der Waals surface area contributed by atoms with Gasteiger partial charge in [-0.15, -0.1) is 13.2 Å². The first kappa shape index (κ1) is 14.7. The first-order chi connectivity index (χ1) is 8.33. The zero-order valence-electron chi connectivity index (χ0n) is 11.1. The van der Waals surface area contributed by atoms with E-state index in [1.807, 2.05) is 20.8 Å². The molecule has 1 unspecified atom stereocenters. The van der Waals surface area contributed by atoms with Gasteiger partial charge in [0.25, 0.3) is 0 Å². The molecule has 0 amide bonds. The van der Waals surface area contributed by atoms with Gasteiger partial charge in [0.2, 0.25) is 0 Å². The number of carbonyl (C=O) groups excluding carboxylic acids is 1. The molecule has 1 aliphatic heterocycles. The number of ether oxygens (including phenoxy) is 2. The molecule has 5 heteroatoms. The van der Waals surface area contributed by atoms with Crippen LogP contribution in [0.5, 0.6) is 0 Å². The maximum Gasteiger partial charge on any atom is 0.513 e. The minimum atomic E-state index is -1.34. The largest absolute Gasteiger partial charge is 0.513 e. The fraction of sp³-hybridized carbons (Fsp3) is 0.615. The van der Waals surface area contributed by atoms with Crippen LogP contribution in [-0.2, 0) is 19.2 Å². The second kappa shape index (κ2) is 5.54. The molecule has 0 bridgehead atoms. The van der Waals surface area contributed by atoms with Crippen molar-refractivity contribution in [1.82, 2.24) is 0 Å². The fourth-order valence-corrected chi connectivity index (χ4v) is 1.36. The van der Waals surface area contributed by atoms with E-state index in [4.69, 9.17) is 9.47 Å². The molecule has 102 valence electrons. The zero-order valence-corrected chi connectivity index (χ0v) is 11.1. The Bertz CT molecular complexity index is 325. The van der Waals surface area contributed by atoms with Gasteiger partial charge in [0.05, 0.1) is 6.42 Å². The van der Waals surface area contributed by atoms with Gasteiger partial charge < -0.3 is 9.47 Å². The molecule has 1 saturated heterocycles. The van der Waals surface area contributed by atoms with Crippen LogP contribution in [0.15, 0.2) is 25.3 Å². The Balaban J connectivity index is 2.51. The summed E-state index contributed by atoms with van der Waals surface area (Å²) in [7, 11) is 0. The van der Waals surface area contributed by atoms with E-state index in [2.05, 4.69) is 22.9 Å². The zero-order chi connectivity index (χ0) is 13.8. The van der Waals surface area contributed by atoms with E-state index in [0.717, 1.165) is 0 Å². The lowest BCUT2D eigenvalue weighted by Crippen LogP contribution is -2.33. The van der Waals surface area contributed by atoms with Crippen molar-refractivity contribution in [2.24, 2.45) is 5.41 Å². The molecular formula is C13H20O5. The third-order valence-electron chi connectivity index (χ3n) is 2.49. The standard InChI is InChI=1S/C13H20O5/c1-6-8-10(12(3,4)5)15-11(14)16-13(9-7-2)17-18-13/h6-7,10H,1-2,8-9H2,3-5H3. The maximum absolute atomic E-state index is 11.6. The van der Waals surface area contributed by atoms with Gasteiger partial charge in [-0.05, 0) is 5.41 Å². The highest BCUT2D eigenvalue weighted by molar-refractivity contribution is 5.60. The van der Waals surface area contributed by atoms with Crippen molar-refractivity contribution in [3.8, 4) is 0 Å². The van der Waals surface area contributed by atoms with E-state index in [-0.39, 0.29) is 17.9 Å². The molecule has 0 saturated carbocycles. The SMILES string of the molecule is C=CCC(OC(=O)OC1(CC=C)OO1)C(C)(C)C. The molecular weight excluding hydrogens is 236 g/mol. The Kier molecular flexibility index (Phi) is 4.53. The molecule has 1 fully saturated rings. The summed E-state index contributed by atoms with van der Waals surface area (Å²) in [5, 5.41) is 0. The summed E-state index contributed by atoms with van der Waals surface area (Å²) in [6.45, 7) is 13.1. The van der Waals surface area contributed by atoms with Crippen LogP contribution in [0.2, 0.25) is 0 Å². The van der Waals surface area contributed by atoms with Crippen molar-refractivity contribution in [2.45, 2.75) is 45.7 Å². The lowest BCUT2D eigenvalue weighted by molar-refractivity contribution is -0.0717. The second-order valence-electron chi connectivity index (χ2n) is 5.19. The number of carbonyl (C=O) groups is 1. The lowest BCUT2D eigenvalue weighted by atomic mass is 9.87. The van der Waals surface area contributed by atoms with Crippen molar-refractivity contribution in [2.75, 3.05) is 0 Å². The smallest absolute Gasteiger partial charge is 0.430 e. The molecule has 0 radical (unpaired) electrons. The minimum absolute atomic E-state index is 0.204. The van der Waals surface area contributed by atoms with Crippen LogP contribution in [0.4, 0.5) is 4.79 Å². The van der Waals surface area contributed by atoms with E-state index in [0.29, 0.717) is 6.42 Å². The molecule has 1 atom stereocenters. The fourth-order valence-electron chi connectivity index (χ4n) is 1.36. The third kappa shape index (κ3) is 4.16. The predicted molar refractivity (Wildman–Crippen MR) is 65.3 cm³/mol. The molecule has 0 N–H and O–H groups in total. The van der Waals surface area contributed by atoms with Crippen molar-refractivity contribution in [3.63, 3.8) is 0 Å². The quantitative estimate of drug-likeness (QED) is 0.316. The Hall–Kier alpha value is -1.33. The third-order valence-corrected chi connectivity index (χ3v) is 2.49. The highest BCUT2D eigenvalue weighted by Crippen LogP contribution is 2.36. The molecule has 5 nitrogen and oxygen atoms in total. The number of hydrogen-bond donors (Lipinski definition) is 0. The van der Waals surface area contributed by atoms with Gasteiger partial charge in [0.1, 0.15) is 6.10 Å². The minimum Gasteiger partial charge on any atom is -0.430 e. The summed E-state index contributed by atoms with van der Waals surface area (Å²) in [5.41, 5.74) is -0.204. The second-order valence-corrected chi connectivity index (χ2v) is 5.19.